The van der Waals surface area contributed by atoms with Crippen molar-refractivity contribution in [1.82, 2.24) is 14.8 Å². The minimum atomic E-state index is -0.246. The smallest absolute Gasteiger partial charge is 0.191 e. The first-order chi connectivity index (χ1) is 9.11. The molecule has 102 valence electrons. The summed E-state index contributed by atoms with van der Waals surface area (Å²) in [6.07, 6.45) is 2.45. The van der Waals surface area contributed by atoms with Gasteiger partial charge >= 0.3 is 0 Å². The van der Waals surface area contributed by atoms with Gasteiger partial charge in [0.1, 0.15) is 12.1 Å². The number of aryl methyl sites for hydroxylation is 1. The van der Waals surface area contributed by atoms with Crippen LogP contribution >= 0.6 is 11.8 Å². The van der Waals surface area contributed by atoms with Crippen LogP contribution < -0.4 is 5.73 Å². The lowest BCUT2D eigenvalue weighted by Gasteiger charge is -2.22. The maximum atomic E-state index is 13.4. The molecule has 2 rings (SSSR count). The summed E-state index contributed by atoms with van der Waals surface area (Å²) in [6.45, 7) is 2.02. The average Bonchev–Trinajstić information content (AvgIpc) is 2.80. The molecule has 19 heavy (non-hydrogen) atoms. The Balaban J connectivity index is 2.29. The van der Waals surface area contributed by atoms with Crippen LogP contribution in [0.2, 0.25) is 0 Å². The van der Waals surface area contributed by atoms with Crippen molar-refractivity contribution < 1.29 is 4.39 Å². The average molecular weight is 280 g/mol. The predicted molar refractivity (Wildman–Crippen MR) is 74.3 cm³/mol. The van der Waals surface area contributed by atoms with Gasteiger partial charge in [-0.3, -0.25) is 0 Å². The van der Waals surface area contributed by atoms with E-state index >= 15 is 0 Å². The first-order valence-corrected chi connectivity index (χ1v) is 7.01. The molecule has 0 radical (unpaired) electrons. The third kappa shape index (κ3) is 3.33. The standard InChI is InChI=1S/C13H17FN4S/c1-3-11(15)12(9-5-4-6-10(14)7-9)19-13-17-16-8-18(13)2/h4-8,11-12H,3,15H2,1-2H3. The van der Waals surface area contributed by atoms with E-state index in [2.05, 4.69) is 10.2 Å². The van der Waals surface area contributed by atoms with E-state index in [0.29, 0.717) is 0 Å². The topological polar surface area (TPSA) is 56.7 Å². The van der Waals surface area contributed by atoms with E-state index in [9.17, 15) is 4.39 Å². The van der Waals surface area contributed by atoms with Gasteiger partial charge in [0.2, 0.25) is 0 Å². The second-order valence-corrected chi connectivity index (χ2v) is 5.50. The maximum absolute atomic E-state index is 13.4. The second kappa shape index (κ2) is 6.16. The Labute approximate surface area is 116 Å². The van der Waals surface area contributed by atoms with E-state index in [4.69, 9.17) is 5.73 Å². The van der Waals surface area contributed by atoms with Gasteiger partial charge in [-0.1, -0.05) is 30.8 Å². The first-order valence-electron chi connectivity index (χ1n) is 6.13. The first kappa shape index (κ1) is 14.0. The summed E-state index contributed by atoms with van der Waals surface area (Å²) in [4.78, 5) is 0. The summed E-state index contributed by atoms with van der Waals surface area (Å²) in [5.74, 6) is -0.246. The lowest BCUT2D eigenvalue weighted by Crippen LogP contribution is -2.26. The summed E-state index contributed by atoms with van der Waals surface area (Å²) in [6, 6.07) is 6.50. The van der Waals surface area contributed by atoms with Crippen molar-refractivity contribution in [2.24, 2.45) is 12.8 Å². The van der Waals surface area contributed by atoms with E-state index in [-0.39, 0.29) is 17.1 Å². The molecule has 0 fully saturated rings. The van der Waals surface area contributed by atoms with Crippen molar-refractivity contribution in [3.8, 4) is 0 Å². The van der Waals surface area contributed by atoms with Crippen molar-refractivity contribution in [2.75, 3.05) is 0 Å². The van der Waals surface area contributed by atoms with Crippen LogP contribution in [0.25, 0.3) is 0 Å². The maximum Gasteiger partial charge on any atom is 0.191 e. The molecule has 2 unspecified atom stereocenters. The van der Waals surface area contributed by atoms with Gasteiger partial charge in [-0.15, -0.1) is 10.2 Å². The Morgan fingerprint density at radius 1 is 1.47 bits per heavy atom. The summed E-state index contributed by atoms with van der Waals surface area (Å²) < 4.78 is 15.2. The van der Waals surface area contributed by atoms with Crippen LogP contribution in [-0.4, -0.2) is 20.8 Å². The number of thioether (sulfide) groups is 1. The monoisotopic (exact) mass is 280 g/mol. The highest BCUT2D eigenvalue weighted by atomic mass is 32.2. The van der Waals surface area contributed by atoms with Gasteiger partial charge in [-0.2, -0.15) is 0 Å². The minimum Gasteiger partial charge on any atom is -0.326 e. The molecular weight excluding hydrogens is 263 g/mol. The molecular formula is C13H17FN4S. The number of aromatic nitrogens is 3. The fraction of sp³-hybridized carbons (Fsp3) is 0.385. The van der Waals surface area contributed by atoms with Crippen LogP contribution in [0.4, 0.5) is 4.39 Å². The molecule has 0 amide bonds. The Kier molecular flexibility index (Phi) is 4.55. The summed E-state index contributed by atoms with van der Waals surface area (Å²) in [5, 5.41) is 8.63. The molecule has 2 aromatic rings. The number of benzene rings is 1. The molecule has 1 aromatic carbocycles. The molecule has 1 aromatic heterocycles. The second-order valence-electron chi connectivity index (χ2n) is 4.39. The van der Waals surface area contributed by atoms with Crippen molar-refractivity contribution in [3.05, 3.63) is 42.0 Å². The fourth-order valence-electron chi connectivity index (χ4n) is 1.79. The van der Waals surface area contributed by atoms with Gasteiger partial charge < -0.3 is 10.3 Å². The Bertz CT molecular complexity index is 543. The highest BCUT2D eigenvalue weighted by molar-refractivity contribution is 7.99. The van der Waals surface area contributed by atoms with E-state index in [1.807, 2.05) is 24.6 Å². The SMILES string of the molecule is CCC(N)C(Sc1nncn1C)c1cccc(F)c1. The Morgan fingerprint density at radius 2 is 2.26 bits per heavy atom. The van der Waals surface area contributed by atoms with E-state index in [0.717, 1.165) is 17.1 Å². The van der Waals surface area contributed by atoms with Gasteiger partial charge in [0.25, 0.3) is 0 Å². The molecule has 0 saturated carbocycles. The number of hydrogen-bond acceptors (Lipinski definition) is 4. The van der Waals surface area contributed by atoms with Crippen LogP contribution in [0.3, 0.4) is 0 Å². The van der Waals surface area contributed by atoms with Crippen molar-refractivity contribution in [1.29, 1.82) is 0 Å². The van der Waals surface area contributed by atoms with Gasteiger partial charge in [-0.25, -0.2) is 4.39 Å². The molecule has 0 spiro atoms. The summed E-state index contributed by atoms with van der Waals surface area (Å²) >= 11 is 1.51. The highest BCUT2D eigenvalue weighted by Crippen LogP contribution is 2.36. The third-order valence-corrected chi connectivity index (χ3v) is 4.40. The van der Waals surface area contributed by atoms with Crippen molar-refractivity contribution >= 4 is 11.8 Å². The zero-order chi connectivity index (χ0) is 13.8. The Morgan fingerprint density at radius 3 is 2.84 bits per heavy atom. The lowest BCUT2D eigenvalue weighted by molar-refractivity contribution is 0.608. The predicted octanol–water partition coefficient (Wildman–Crippen LogP) is 2.52. The molecule has 6 heteroatoms. The zero-order valence-electron chi connectivity index (χ0n) is 11.0. The normalized spacial score (nSPS) is 14.3. The van der Waals surface area contributed by atoms with Gasteiger partial charge in [-0.05, 0) is 24.1 Å². The number of nitrogens with two attached hydrogens (primary N) is 1. The minimum absolute atomic E-state index is 0.0383. The van der Waals surface area contributed by atoms with Crippen molar-refractivity contribution in [2.45, 2.75) is 29.8 Å². The third-order valence-electron chi connectivity index (χ3n) is 2.94. The molecule has 0 aliphatic rings. The number of hydrogen-bond donors (Lipinski definition) is 1. The number of rotatable bonds is 5. The van der Waals surface area contributed by atoms with E-state index in [1.165, 1.54) is 23.9 Å². The molecule has 0 bridgehead atoms. The van der Waals surface area contributed by atoms with E-state index in [1.54, 1.807) is 12.4 Å². The molecule has 0 saturated heterocycles. The fourth-order valence-corrected chi connectivity index (χ4v) is 2.98. The van der Waals surface area contributed by atoms with Gasteiger partial charge in [0.05, 0.1) is 5.25 Å². The van der Waals surface area contributed by atoms with Crippen LogP contribution in [0.5, 0.6) is 0 Å². The van der Waals surface area contributed by atoms with Gasteiger partial charge in [0.15, 0.2) is 5.16 Å². The molecule has 1 heterocycles. The molecule has 2 N–H and O–H groups in total. The van der Waals surface area contributed by atoms with Crippen LogP contribution in [0.15, 0.2) is 35.7 Å². The van der Waals surface area contributed by atoms with Gasteiger partial charge in [0, 0.05) is 13.1 Å². The van der Waals surface area contributed by atoms with E-state index < -0.39 is 0 Å². The molecule has 0 aliphatic heterocycles. The zero-order valence-corrected chi connectivity index (χ0v) is 11.8. The molecule has 4 nitrogen and oxygen atoms in total. The summed E-state index contributed by atoms with van der Waals surface area (Å²) in [5.41, 5.74) is 7.04. The largest absolute Gasteiger partial charge is 0.326 e. The molecule has 2 atom stereocenters. The van der Waals surface area contributed by atoms with Crippen molar-refractivity contribution in [3.63, 3.8) is 0 Å². The van der Waals surface area contributed by atoms with Crippen LogP contribution in [0.1, 0.15) is 24.2 Å². The number of halogens is 1. The van der Waals surface area contributed by atoms with Crippen LogP contribution in [-0.2, 0) is 7.05 Å². The summed E-state index contributed by atoms with van der Waals surface area (Å²) in [7, 11) is 1.88. The highest BCUT2D eigenvalue weighted by Gasteiger charge is 2.22. The number of nitrogens with zero attached hydrogens (tertiary/aromatic N) is 3. The quantitative estimate of drug-likeness (QED) is 0.855. The lowest BCUT2D eigenvalue weighted by atomic mass is 10.0. The Hall–Kier alpha value is -1.40. The molecule has 0 aliphatic carbocycles. The van der Waals surface area contributed by atoms with Crippen LogP contribution in [0, 0.1) is 5.82 Å².